The van der Waals surface area contributed by atoms with Gasteiger partial charge in [0.1, 0.15) is 0 Å². The van der Waals surface area contributed by atoms with Gasteiger partial charge in [-0.05, 0) is 30.8 Å². The lowest BCUT2D eigenvalue weighted by molar-refractivity contribution is 0.222. The third-order valence-corrected chi connectivity index (χ3v) is 7.12. The van der Waals surface area contributed by atoms with E-state index in [-0.39, 0.29) is 24.0 Å². The first-order chi connectivity index (χ1) is 14.5. The number of pyridine rings is 1. The van der Waals surface area contributed by atoms with Crippen molar-refractivity contribution in [3.05, 3.63) is 59.9 Å². The molecule has 8 nitrogen and oxygen atoms in total. The first kappa shape index (κ1) is 25.5. The SMILES string of the molecule is CN=C(NCCc1ccccn1)NCc1ccccc1S(=O)(=O)N1CCN(C)CC1.I. The molecule has 2 aromatic rings. The normalized spacial score (nSPS) is 15.9. The molecular formula is C21H31IN6O2S. The van der Waals surface area contributed by atoms with Crippen LogP contribution in [0.1, 0.15) is 11.3 Å². The van der Waals surface area contributed by atoms with Crippen LogP contribution in [0.3, 0.4) is 0 Å². The van der Waals surface area contributed by atoms with Crippen molar-refractivity contribution < 1.29 is 8.42 Å². The first-order valence-corrected chi connectivity index (χ1v) is 11.6. The number of nitrogens with zero attached hydrogens (tertiary/aromatic N) is 4. The molecule has 0 saturated carbocycles. The van der Waals surface area contributed by atoms with Crippen LogP contribution in [0.25, 0.3) is 0 Å². The molecule has 0 aliphatic carbocycles. The summed E-state index contributed by atoms with van der Waals surface area (Å²) in [6.07, 6.45) is 2.55. The van der Waals surface area contributed by atoms with E-state index in [0.29, 0.717) is 37.0 Å². The van der Waals surface area contributed by atoms with Gasteiger partial charge in [0.15, 0.2) is 5.96 Å². The van der Waals surface area contributed by atoms with Crippen LogP contribution in [0.4, 0.5) is 0 Å². The number of sulfonamides is 1. The van der Waals surface area contributed by atoms with E-state index in [1.54, 1.807) is 29.7 Å². The highest BCUT2D eigenvalue weighted by molar-refractivity contribution is 14.0. The minimum atomic E-state index is -3.53. The Labute approximate surface area is 202 Å². The summed E-state index contributed by atoms with van der Waals surface area (Å²) in [6, 6.07) is 13.0. The minimum Gasteiger partial charge on any atom is -0.356 e. The van der Waals surface area contributed by atoms with Crippen LogP contribution in [-0.2, 0) is 23.0 Å². The maximum Gasteiger partial charge on any atom is 0.243 e. The van der Waals surface area contributed by atoms with Crippen LogP contribution < -0.4 is 10.6 Å². The van der Waals surface area contributed by atoms with Gasteiger partial charge in [0.25, 0.3) is 0 Å². The van der Waals surface area contributed by atoms with Crippen LogP contribution in [0, 0.1) is 0 Å². The largest absolute Gasteiger partial charge is 0.356 e. The quantitative estimate of drug-likeness (QED) is 0.305. The molecule has 31 heavy (non-hydrogen) atoms. The molecule has 0 amide bonds. The Kier molecular flexibility index (Phi) is 10.1. The lowest BCUT2D eigenvalue weighted by Gasteiger charge is -2.32. The van der Waals surface area contributed by atoms with Crippen molar-refractivity contribution in [3.63, 3.8) is 0 Å². The average Bonchev–Trinajstić information content (AvgIpc) is 2.77. The molecule has 0 unspecified atom stereocenters. The molecule has 1 aromatic heterocycles. The van der Waals surface area contributed by atoms with E-state index in [1.165, 1.54) is 0 Å². The smallest absolute Gasteiger partial charge is 0.243 e. The number of aliphatic imine (C=N–C) groups is 1. The fourth-order valence-corrected chi connectivity index (χ4v) is 4.97. The zero-order valence-electron chi connectivity index (χ0n) is 18.0. The number of guanidine groups is 1. The van der Waals surface area contributed by atoms with Crippen LogP contribution >= 0.6 is 24.0 Å². The summed E-state index contributed by atoms with van der Waals surface area (Å²) in [5.41, 5.74) is 1.73. The van der Waals surface area contributed by atoms with Crippen molar-refractivity contribution >= 4 is 40.0 Å². The number of aromatic nitrogens is 1. The summed E-state index contributed by atoms with van der Waals surface area (Å²) >= 11 is 0. The third kappa shape index (κ3) is 7.13. The van der Waals surface area contributed by atoms with Gasteiger partial charge in [0, 0.05) is 64.6 Å². The number of halogens is 1. The molecule has 10 heteroatoms. The van der Waals surface area contributed by atoms with Gasteiger partial charge in [-0.2, -0.15) is 4.31 Å². The average molecular weight is 558 g/mol. The molecule has 170 valence electrons. The highest BCUT2D eigenvalue weighted by atomic mass is 127. The molecule has 2 heterocycles. The number of nitrogens with one attached hydrogen (secondary N) is 2. The Morgan fingerprint density at radius 2 is 1.77 bits per heavy atom. The first-order valence-electron chi connectivity index (χ1n) is 10.1. The summed E-state index contributed by atoms with van der Waals surface area (Å²) in [7, 11) is 0.180. The molecule has 1 aliphatic rings. The Bertz CT molecular complexity index is 947. The molecule has 0 spiro atoms. The van der Waals surface area contributed by atoms with Crippen molar-refractivity contribution in [2.45, 2.75) is 17.9 Å². The van der Waals surface area contributed by atoms with Gasteiger partial charge < -0.3 is 15.5 Å². The van der Waals surface area contributed by atoms with Crippen LogP contribution in [0.2, 0.25) is 0 Å². The molecule has 1 aromatic carbocycles. The summed E-state index contributed by atoms with van der Waals surface area (Å²) < 4.78 is 27.9. The number of likely N-dealkylation sites (N-methyl/N-ethyl adjacent to an activating group) is 1. The summed E-state index contributed by atoms with van der Waals surface area (Å²) in [5, 5.41) is 6.47. The monoisotopic (exact) mass is 558 g/mol. The molecule has 1 saturated heterocycles. The maximum atomic E-state index is 13.2. The second-order valence-electron chi connectivity index (χ2n) is 7.24. The third-order valence-electron chi connectivity index (χ3n) is 5.12. The predicted molar refractivity (Wildman–Crippen MR) is 134 cm³/mol. The Balaban J connectivity index is 0.00000341. The molecule has 1 aliphatic heterocycles. The highest BCUT2D eigenvalue weighted by Crippen LogP contribution is 2.21. The second-order valence-corrected chi connectivity index (χ2v) is 9.15. The topological polar surface area (TPSA) is 89.9 Å². The number of rotatable bonds is 7. The van der Waals surface area contributed by atoms with Crippen molar-refractivity contribution in [3.8, 4) is 0 Å². The molecule has 3 rings (SSSR count). The van der Waals surface area contributed by atoms with Crippen molar-refractivity contribution in [2.24, 2.45) is 4.99 Å². The second kappa shape index (κ2) is 12.3. The Morgan fingerprint density at radius 1 is 1.06 bits per heavy atom. The number of piperazine rings is 1. The van der Waals surface area contributed by atoms with E-state index in [0.717, 1.165) is 30.8 Å². The Hall–Kier alpha value is -1.76. The van der Waals surface area contributed by atoms with Gasteiger partial charge in [-0.25, -0.2) is 8.42 Å². The van der Waals surface area contributed by atoms with Crippen molar-refractivity contribution in [1.82, 2.24) is 24.8 Å². The fraction of sp³-hybridized carbons (Fsp3) is 0.429. The lowest BCUT2D eigenvalue weighted by atomic mass is 10.2. The highest BCUT2D eigenvalue weighted by Gasteiger charge is 2.29. The number of hydrogen-bond donors (Lipinski definition) is 2. The van der Waals surface area contributed by atoms with Gasteiger partial charge in [0.05, 0.1) is 4.90 Å². The fourth-order valence-electron chi connectivity index (χ4n) is 3.32. The molecule has 1 fully saturated rings. The predicted octanol–water partition coefficient (Wildman–Crippen LogP) is 1.54. The van der Waals surface area contributed by atoms with Gasteiger partial charge in [-0.3, -0.25) is 9.98 Å². The van der Waals surface area contributed by atoms with E-state index < -0.39 is 10.0 Å². The zero-order chi connectivity index (χ0) is 21.4. The standard InChI is InChI=1S/C21H30N6O2S.HI/c1-22-21(24-12-10-19-8-5-6-11-23-19)25-17-18-7-3-4-9-20(18)30(28,29)27-15-13-26(2)14-16-27;/h3-9,11H,10,12-17H2,1-2H3,(H2,22,24,25);1H. The van der Waals surface area contributed by atoms with Crippen LogP contribution in [0.5, 0.6) is 0 Å². The van der Waals surface area contributed by atoms with Gasteiger partial charge in [-0.15, -0.1) is 24.0 Å². The number of hydrogen-bond acceptors (Lipinski definition) is 5. The molecule has 0 radical (unpaired) electrons. The van der Waals surface area contributed by atoms with Crippen LogP contribution in [-0.4, -0.2) is 75.4 Å². The van der Waals surface area contributed by atoms with Gasteiger partial charge in [-0.1, -0.05) is 24.3 Å². The molecule has 2 N–H and O–H groups in total. The van der Waals surface area contributed by atoms with Gasteiger partial charge >= 0.3 is 0 Å². The summed E-state index contributed by atoms with van der Waals surface area (Å²) in [4.78, 5) is 11.0. The van der Waals surface area contributed by atoms with Gasteiger partial charge in [0.2, 0.25) is 10.0 Å². The van der Waals surface area contributed by atoms with E-state index in [1.807, 2.05) is 37.4 Å². The molecular weight excluding hydrogens is 527 g/mol. The van der Waals surface area contributed by atoms with Crippen molar-refractivity contribution in [2.75, 3.05) is 46.8 Å². The zero-order valence-corrected chi connectivity index (χ0v) is 21.1. The van der Waals surface area contributed by atoms with E-state index in [9.17, 15) is 8.42 Å². The lowest BCUT2D eigenvalue weighted by Crippen LogP contribution is -2.47. The molecule has 0 bridgehead atoms. The van der Waals surface area contributed by atoms with E-state index in [2.05, 4.69) is 25.5 Å². The minimum absolute atomic E-state index is 0. The summed E-state index contributed by atoms with van der Waals surface area (Å²) in [5.74, 6) is 0.623. The summed E-state index contributed by atoms with van der Waals surface area (Å²) in [6.45, 7) is 3.55. The van der Waals surface area contributed by atoms with Crippen LogP contribution in [0.15, 0.2) is 58.5 Å². The number of benzene rings is 1. The van der Waals surface area contributed by atoms with E-state index >= 15 is 0 Å². The van der Waals surface area contributed by atoms with Crippen molar-refractivity contribution in [1.29, 1.82) is 0 Å². The molecule has 0 atom stereocenters. The van der Waals surface area contributed by atoms with E-state index in [4.69, 9.17) is 0 Å². The Morgan fingerprint density at radius 3 is 2.45 bits per heavy atom. The maximum absolute atomic E-state index is 13.2.